The number of carboxylic acid groups (broad SMARTS) is 2. The Bertz CT molecular complexity index is 1140. The highest BCUT2D eigenvalue weighted by Crippen LogP contribution is 2.24. The van der Waals surface area contributed by atoms with Crippen LogP contribution in [-0.2, 0) is 0 Å². The predicted octanol–water partition coefficient (Wildman–Crippen LogP) is 3.98. The molecule has 3 N–H and O–H groups in total. The predicted molar refractivity (Wildman–Crippen MR) is 94.6 cm³/mol. The molecule has 0 saturated heterocycles. The quantitative estimate of drug-likeness (QED) is 0.494. The molecule has 27 heavy (non-hydrogen) atoms. The van der Waals surface area contributed by atoms with Crippen LogP contribution in [0.1, 0.15) is 21.1 Å². The molecule has 0 radical (unpaired) electrons. The average molecular weight is 370 g/mol. The van der Waals surface area contributed by atoms with Gasteiger partial charge in [-0.05, 0) is 48.5 Å². The number of aromatic carboxylic acids is 2. The summed E-state index contributed by atoms with van der Waals surface area (Å²) < 4.78 is 15.1. The summed E-state index contributed by atoms with van der Waals surface area (Å²) in [6, 6.07) is 12.4. The summed E-state index contributed by atoms with van der Waals surface area (Å²) in [7, 11) is 1.55. The van der Waals surface area contributed by atoms with Crippen LogP contribution in [-0.4, -0.2) is 34.4 Å². The largest absolute Gasteiger partial charge is 0.508 e. The van der Waals surface area contributed by atoms with E-state index in [1.54, 1.807) is 25.3 Å². The van der Waals surface area contributed by atoms with E-state index in [0.717, 1.165) is 5.39 Å². The number of hydrogen-bond donors (Lipinski definition) is 3. The Kier molecular flexibility index (Phi) is 4.71. The van der Waals surface area contributed by atoms with Gasteiger partial charge in [-0.1, -0.05) is 0 Å². The van der Waals surface area contributed by atoms with Gasteiger partial charge < -0.3 is 28.9 Å². The van der Waals surface area contributed by atoms with Crippen LogP contribution in [0.25, 0.3) is 21.9 Å². The lowest BCUT2D eigenvalue weighted by molar-refractivity contribution is 0.0655. The van der Waals surface area contributed by atoms with E-state index < -0.39 is 11.9 Å². The number of carboxylic acids is 2. The molecule has 2 heterocycles. The van der Waals surface area contributed by atoms with E-state index in [4.69, 9.17) is 28.9 Å². The zero-order valence-electron chi connectivity index (χ0n) is 14.0. The molecule has 0 fully saturated rings. The van der Waals surface area contributed by atoms with Crippen molar-refractivity contribution in [3.63, 3.8) is 0 Å². The van der Waals surface area contributed by atoms with Crippen LogP contribution in [0.4, 0.5) is 0 Å². The van der Waals surface area contributed by atoms with Crippen LogP contribution in [0.5, 0.6) is 11.5 Å². The third-order valence-electron chi connectivity index (χ3n) is 3.64. The number of furan rings is 2. The molecular formula is C19H14O8. The highest BCUT2D eigenvalue weighted by molar-refractivity contribution is 5.92. The van der Waals surface area contributed by atoms with Gasteiger partial charge in [0.1, 0.15) is 22.7 Å². The van der Waals surface area contributed by atoms with Gasteiger partial charge in [0, 0.05) is 10.8 Å². The lowest BCUT2D eigenvalue weighted by atomic mass is 10.2. The van der Waals surface area contributed by atoms with Gasteiger partial charge in [0.25, 0.3) is 0 Å². The Labute approximate surface area is 151 Å². The van der Waals surface area contributed by atoms with Crippen molar-refractivity contribution in [2.45, 2.75) is 0 Å². The van der Waals surface area contributed by atoms with E-state index in [2.05, 4.69) is 0 Å². The summed E-state index contributed by atoms with van der Waals surface area (Å²) in [6.45, 7) is 0. The molecule has 8 heteroatoms. The van der Waals surface area contributed by atoms with Gasteiger partial charge in [-0.3, -0.25) is 0 Å². The monoisotopic (exact) mass is 370 g/mol. The number of phenolic OH excluding ortho intramolecular Hbond substituents is 1. The topological polar surface area (TPSA) is 130 Å². The minimum Gasteiger partial charge on any atom is -0.508 e. The molecule has 138 valence electrons. The number of aromatic hydroxyl groups is 1. The van der Waals surface area contributed by atoms with Crippen molar-refractivity contribution in [3.8, 4) is 11.5 Å². The van der Waals surface area contributed by atoms with Gasteiger partial charge in [0.05, 0.1) is 7.11 Å². The van der Waals surface area contributed by atoms with E-state index in [1.807, 2.05) is 0 Å². The molecule has 0 aliphatic carbocycles. The van der Waals surface area contributed by atoms with Gasteiger partial charge in [0.2, 0.25) is 11.5 Å². The van der Waals surface area contributed by atoms with E-state index in [1.165, 1.54) is 30.3 Å². The third kappa shape index (κ3) is 3.84. The second kappa shape index (κ2) is 7.12. The SMILES string of the molecule is COc1ccc2oc(C(=O)O)cc2c1.O=C(O)c1cc2cc(O)ccc2o1. The molecule has 0 amide bonds. The van der Waals surface area contributed by atoms with Crippen LogP contribution < -0.4 is 4.74 Å². The molecule has 0 bridgehead atoms. The summed E-state index contributed by atoms with van der Waals surface area (Å²) in [5.41, 5.74) is 0.999. The number of carbonyl (C=O) groups is 2. The van der Waals surface area contributed by atoms with Crippen LogP contribution in [0.3, 0.4) is 0 Å². The smallest absolute Gasteiger partial charge is 0.371 e. The Morgan fingerprint density at radius 3 is 1.85 bits per heavy atom. The molecule has 2 aromatic carbocycles. The molecular weight excluding hydrogens is 356 g/mol. The van der Waals surface area contributed by atoms with Gasteiger partial charge in [-0.2, -0.15) is 0 Å². The molecule has 8 nitrogen and oxygen atoms in total. The summed E-state index contributed by atoms with van der Waals surface area (Å²) in [5, 5.41) is 27.7. The second-order valence-corrected chi connectivity index (χ2v) is 5.46. The summed E-state index contributed by atoms with van der Waals surface area (Å²) >= 11 is 0. The fourth-order valence-corrected chi connectivity index (χ4v) is 2.39. The van der Waals surface area contributed by atoms with E-state index in [-0.39, 0.29) is 17.3 Å². The normalized spacial score (nSPS) is 10.4. The number of methoxy groups -OCH3 is 1. The van der Waals surface area contributed by atoms with Crippen molar-refractivity contribution in [3.05, 3.63) is 60.1 Å². The standard InChI is InChI=1S/C10H8O4.C9H6O4/c1-13-7-2-3-8-6(4-7)5-9(14-8)10(11)12;10-6-1-2-7-5(3-6)4-8(13-7)9(11)12/h2-5H,1H3,(H,11,12);1-4,10H,(H,11,12). The maximum absolute atomic E-state index is 10.6. The molecule has 0 saturated carbocycles. The Hall–Kier alpha value is -3.94. The number of hydrogen-bond acceptors (Lipinski definition) is 6. The van der Waals surface area contributed by atoms with Gasteiger partial charge in [-0.15, -0.1) is 0 Å². The first kappa shape index (κ1) is 17.9. The van der Waals surface area contributed by atoms with E-state index in [0.29, 0.717) is 22.3 Å². The molecule has 0 spiro atoms. The lowest BCUT2D eigenvalue weighted by Gasteiger charge is -1.96. The number of phenols is 1. The maximum atomic E-state index is 10.6. The molecule has 0 aliphatic rings. The molecule has 0 aliphatic heterocycles. The average Bonchev–Trinajstić information content (AvgIpc) is 3.25. The molecule has 2 aromatic heterocycles. The van der Waals surface area contributed by atoms with Gasteiger partial charge in [0.15, 0.2) is 0 Å². The van der Waals surface area contributed by atoms with E-state index in [9.17, 15) is 9.59 Å². The Morgan fingerprint density at radius 1 is 0.815 bits per heavy atom. The zero-order valence-corrected chi connectivity index (χ0v) is 14.0. The van der Waals surface area contributed by atoms with Crippen molar-refractivity contribution < 1.29 is 38.5 Å². The Balaban J connectivity index is 0.000000156. The second-order valence-electron chi connectivity index (χ2n) is 5.46. The first-order valence-corrected chi connectivity index (χ1v) is 7.64. The van der Waals surface area contributed by atoms with Crippen molar-refractivity contribution >= 4 is 33.9 Å². The van der Waals surface area contributed by atoms with Crippen molar-refractivity contribution in [2.75, 3.05) is 7.11 Å². The molecule has 0 unspecified atom stereocenters. The number of ether oxygens (including phenoxy) is 1. The van der Waals surface area contributed by atoms with Gasteiger partial charge in [-0.25, -0.2) is 9.59 Å². The minimum atomic E-state index is -1.12. The molecule has 4 aromatic rings. The highest BCUT2D eigenvalue weighted by atomic mass is 16.5. The Morgan fingerprint density at radius 2 is 1.33 bits per heavy atom. The van der Waals surface area contributed by atoms with Crippen LogP contribution in [0.2, 0.25) is 0 Å². The third-order valence-corrected chi connectivity index (χ3v) is 3.64. The van der Waals surface area contributed by atoms with Crippen molar-refractivity contribution in [2.24, 2.45) is 0 Å². The number of fused-ring (bicyclic) bond motifs is 2. The molecule has 4 rings (SSSR count). The number of benzene rings is 2. The van der Waals surface area contributed by atoms with E-state index >= 15 is 0 Å². The summed E-state index contributed by atoms with van der Waals surface area (Å²) in [5.74, 6) is -1.61. The highest BCUT2D eigenvalue weighted by Gasteiger charge is 2.11. The minimum absolute atomic E-state index is 0.0618. The maximum Gasteiger partial charge on any atom is 0.371 e. The van der Waals surface area contributed by atoms with Crippen molar-refractivity contribution in [1.29, 1.82) is 0 Å². The molecule has 0 atom stereocenters. The summed E-state index contributed by atoms with van der Waals surface area (Å²) in [4.78, 5) is 21.1. The fourth-order valence-electron chi connectivity index (χ4n) is 2.39. The van der Waals surface area contributed by atoms with Gasteiger partial charge >= 0.3 is 11.9 Å². The first-order chi connectivity index (χ1) is 12.9. The fraction of sp³-hybridized carbons (Fsp3) is 0.0526. The zero-order chi connectivity index (χ0) is 19.6. The van der Waals surface area contributed by atoms with Crippen LogP contribution in [0, 0.1) is 0 Å². The first-order valence-electron chi connectivity index (χ1n) is 7.64. The summed E-state index contributed by atoms with van der Waals surface area (Å²) in [6.07, 6.45) is 0. The van der Waals surface area contributed by atoms with Crippen LogP contribution in [0.15, 0.2) is 57.4 Å². The van der Waals surface area contributed by atoms with Crippen molar-refractivity contribution in [1.82, 2.24) is 0 Å². The lowest BCUT2D eigenvalue weighted by Crippen LogP contribution is -1.91. The number of rotatable bonds is 3. The van der Waals surface area contributed by atoms with Crippen LogP contribution >= 0.6 is 0 Å².